The van der Waals surface area contributed by atoms with Crippen LogP contribution in [0.4, 0.5) is 5.69 Å². The van der Waals surface area contributed by atoms with Crippen LogP contribution in [0.2, 0.25) is 0 Å². The molecule has 3 rings (SSSR count). The number of rotatable bonds is 8. The third-order valence-electron chi connectivity index (χ3n) is 4.40. The Morgan fingerprint density at radius 2 is 1.73 bits per heavy atom. The maximum absolute atomic E-state index is 12.5. The molecule has 0 atom stereocenters. The average molecular weight is 409 g/mol. The number of hydrogen-bond donors (Lipinski definition) is 0. The molecule has 8 nitrogen and oxygen atoms in total. The molecule has 0 aliphatic rings. The molecule has 0 spiro atoms. The zero-order chi connectivity index (χ0) is 21.7. The second-order valence-corrected chi connectivity index (χ2v) is 6.27. The van der Waals surface area contributed by atoms with Gasteiger partial charge in [0.2, 0.25) is 0 Å². The molecule has 0 saturated heterocycles. The second kappa shape index (κ2) is 9.04. The van der Waals surface area contributed by atoms with Crippen molar-refractivity contribution in [3.63, 3.8) is 0 Å². The quantitative estimate of drug-likeness (QED) is 0.238. The Balaban J connectivity index is 1.81. The predicted octanol–water partition coefficient (Wildman–Crippen LogP) is 4.20. The number of fused-ring (bicyclic) bond motifs is 1. The fourth-order valence-electron chi connectivity index (χ4n) is 2.95. The summed E-state index contributed by atoms with van der Waals surface area (Å²) in [5.74, 6) is -1.14. The van der Waals surface area contributed by atoms with E-state index < -0.39 is 29.0 Å². The van der Waals surface area contributed by atoms with E-state index in [1.54, 1.807) is 25.1 Å². The van der Waals surface area contributed by atoms with Crippen molar-refractivity contribution in [3.05, 3.63) is 75.8 Å². The molecule has 30 heavy (non-hydrogen) atoms. The highest BCUT2D eigenvalue weighted by Crippen LogP contribution is 2.35. The summed E-state index contributed by atoms with van der Waals surface area (Å²) in [6.45, 7) is 1.44. The number of hydrogen-bond acceptors (Lipinski definition) is 7. The van der Waals surface area contributed by atoms with Gasteiger partial charge in [-0.3, -0.25) is 14.9 Å². The first kappa shape index (κ1) is 20.8. The van der Waals surface area contributed by atoms with E-state index in [0.29, 0.717) is 5.56 Å². The van der Waals surface area contributed by atoms with Gasteiger partial charge in [-0.25, -0.2) is 4.79 Å². The summed E-state index contributed by atoms with van der Waals surface area (Å²) in [6.07, 6.45) is 0. The molecule has 0 N–H and O–H groups in total. The van der Waals surface area contributed by atoms with E-state index in [0.717, 1.165) is 16.8 Å². The molecule has 0 radical (unpaired) electrons. The van der Waals surface area contributed by atoms with Gasteiger partial charge in [-0.15, -0.1) is 0 Å². The van der Waals surface area contributed by atoms with Gasteiger partial charge in [0.1, 0.15) is 5.56 Å². The molecular formula is C22H19NO7. The summed E-state index contributed by atoms with van der Waals surface area (Å²) in [5.41, 5.74) is -0.449. The van der Waals surface area contributed by atoms with E-state index in [1.807, 2.05) is 24.3 Å². The molecule has 154 valence electrons. The van der Waals surface area contributed by atoms with Crippen LogP contribution in [-0.4, -0.2) is 37.0 Å². The molecule has 0 fully saturated rings. The molecule has 0 aliphatic heterocycles. The number of ether oxygens (including phenoxy) is 3. The summed E-state index contributed by atoms with van der Waals surface area (Å²) in [5, 5.41) is 13.2. The van der Waals surface area contributed by atoms with Crippen molar-refractivity contribution in [2.75, 3.05) is 20.3 Å². The molecule has 0 bridgehead atoms. The zero-order valence-electron chi connectivity index (χ0n) is 16.4. The highest BCUT2D eigenvalue weighted by molar-refractivity contribution is 6.02. The van der Waals surface area contributed by atoms with Gasteiger partial charge in [0.05, 0.1) is 24.7 Å². The Hall–Kier alpha value is -3.94. The standard InChI is InChI=1S/C22H19NO7/c1-3-29-21-11-17(18(23(26)27)12-20(21)28-2)22(25)30-13-19(24)16-9-8-14-6-4-5-7-15(14)10-16/h4-12H,3,13H2,1-2H3. The van der Waals surface area contributed by atoms with E-state index in [9.17, 15) is 19.7 Å². The molecular weight excluding hydrogens is 390 g/mol. The monoisotopic (exact) mass is 409 g/mol. The highest BCUT2D eigenvalue weighted by atomic mass is 16.6. The Labute approximate surface area is 172 Å². The molecule has 0 heterocycles. The van der Waals surface area contributed by atoms with Crippen molar-refractivity contribution in [1.82, 2.24) is 0 Å². The maximum atomic E-state index is 12.5. The Bertz CT molecular complexity index is 1120. The first-order valence-electron chi connectivity index (χ1n) is 9.13. The lowest BCUT2D eigenvalue weighted by Crippen LogP contribution is -2.15. The second-order valence-electron chi connectivity index (χ2n) is 6.27. The SMILES string of the molecule is CCOc1cc(C(=O)OCC(=O)c2ccc3ccccc3c2)c([N+](=O)[O-])cc1OC. The summed E-state index contributed by atoms with van der Waals surface area (Å²) in [6, 6.07) is 15.0. The smallest absolute Gasteiger partial charge is 0.345 e. The fraction of sp³-hybridized carbons (Fsp3) is 0.182. The van der Waals surface area contributed by atoms with Crippen molar-refractivity contribution in [3.8, 4) is 11.5 Å². The number of carbonyl (C=O) groups excluding carboxylic acids is 2. The number of Topliss-reactive ketones (excluding diaryl/α,β-unsaturated/α-hetero) is 1. The molecule has 8 heteroatoms. The summed E-state index contributed by atoms with van der Waals surface area (Å²) < 4.78 is 15.5. The first-order chi connectivity index (χ1) is 14.4. The minimum Gasteiger partial charge on any atom is -0.493 e. The van der Waals surface area contributed by atoms with Crippen molar-refractivity contribution in [1.29, 1.82) is 0 Å². The molecule has 0 unspecified atom stereocenters. The Kier molecular flexibility index (Phi) is 6.26. The number of nitro benzene ring substituents is 1. The van der Waals surface area contributed by atoms with Gasteiger partial charge in [0.15, 0.2) is 23.9 Å². The van der Waals surface area contributed by atoms with Crippen molar-refractivity contribution in [2.45, 2.75) is 6.92 Å². The molecule has 0 saturated carbocycles. The van der Waals surface area contributed by atoms with Crippen molar-refractivity contribution in [2.24, 2.45) is 0 Å². The van der Waals surface area contributed by atoms with Crippen LogP contribution in [0, 0.1) is 10.1 Å². The molecule has 3 aromatic carbocycles. The molecule has 0 amide bonds. The minimum absolute atomic E-state index is 0.118. The van der Waals surface area contributed by atoms with Crippen molar-refractivity contribution >= 4 is 28.2 Å². The largest absolute Gasteiger partial charge is 0.493 e. The zero-order valence-corrected chi connectivity index (χ0v) is 16.4. The topological polar surface area (TPSA) is 105 Å². The van der Waals surface area contributed by atoms with Gasteiger partial charge >= 0.3 is 5.97 Å². The number of ketones is 1. The molecule has 3 aromatic rings. The normalized spacial score (nSPS) is 10.5. The van der Waals surface area contributed by atoms with Gasteiger partial charge < -0.3 is 14.2 Å². The van der Waals surface area contributed by atoms with Crippen LogP contribution in [0.5, 0.6) is 11.5 Å². The predicted molar refractivity (Wildman–Crippen MR) is 109 cm³/mol. The summed E-state index contributed by atoms with van der Waals surface area (Å²) in [7, 11) is 1.34. The van der Waals surface area contributed by atoms with Crippen LogP contribution in [-0.2, 0) is 4.74 Å². The van der Waals surface area contributed by atoms with E-state index in [1.165, 1.54) is 13.2 Å². The van der Waals surface area contributed by atoms with Crippen LogP contribution in [0.3, 0.4) is 0 Å². The minimum atomic E-state index is -1.00. The Morgan fingerprint density at radius 1 is 1.00 bits per heavy atom. The van der Waals surface area contributed by atoms with E-state index in [-0.39, 0.29) is 23.7 Å². The van der Waals surface area contributed by atoms with Gasteiger partial charge in [0.25, 0.3) is 5.69 Å². The number of esters is 1. The maximum Gasteiger partial charge on any atom is 0.345 e. The number of benzene rings is 3. The van der Waals surface area contributed by atoms with Crippen LogP contribution in [0.15, 0.2) is 54.6 Å². The fourth-order valence-corrected chi connectivity index (χ4v) is 2.95. The van der Waals surface area contributed by atoms with Gasteiger partial charge in [-0.1, -0.05) is 36.4 Å². The van der Waals surface area contributed by atoms with Gasteiger partial charge in [0, 0.05) is 11.6 Å². The molecule has 0 aliphatic carbocycles. The highest BCUT2D eigenvalue weighted by Gasteiger charge is 2.26. The molecule has 0 aromatic heterocycles. The lowest BCUT2D eigenvalue weighted by molar-refractivity contribution is -0.385. The first-order valence-corrected chi connectivity index (χ1v) is 9.13. The van der Waals surface area contributed by atoms with E-state index >= 15 is 0 Å². The third-order valence-corrected chi connectivity index (χ3v) is 4.40. The third kappa shape index (κ3) is 4.38. The number of carbonyl (C=O) groups is 2. The summed E-state index contributed by atoms with van der Waals surface area (Å²) >= 11 is 0. The van der Waals surface area contributed by atoms with E-state index in [2.05, 4.69) is 0 Å². The number of nitro groups is 1. The summed E-state index contributed by atoms with van der Waals surface area (Å²) in [4.78, 5) is 35.6. The number of nitrogens with zero attached hydrogens (tertiary/aromatic N) is 1. The van der Waals surface area contributed by atoms with E-state index in [4.69, 9.17) is 14.2 Å². The number of methoxy groups -OCH3 is 1. The van der Waals surface area contributed by atoms with Crippen LogP contribution >= 0.6 is 0 Å². The lowest BCUT2D eigenvalue weighted by Gasteiger charge is -2.11. The van der Waals surface area contributed by atoms with Crippen LogP contribution in [0.1, 0.15) is 27.6 Å². The van der Waals surface area contributed by atoms with Crippen LogP contribution in [0.25, 0.3) is 10.8 Å². The van der Waals surface area contributed by atoms with Crippen LogP contribution < -0.4 is 9.47 Å². The van der Waals surface area contributed by atoms with Crippen molar-refractivity contribution < 1.29 is 28.7 Å². The Morgan fingerprint density at radius 3 is 2.40 bits per heavy atom. The lowest BCUT2D eigenvalue weighted by atomic mass is 10.0. The van der Waals surface area contributed by atoms with Gasteiger partial charge in [-0.2, -0.15) is 0 Å². The van der Waals surface area contributed by atoms with Gasteiger partial charge in [-0.05, 0) is 23.8 Å². The average Bonchev–Trinajstić information content (AvgIpc) is 2.76.